The third kappa shape index (κ3) is 4.51. The fourth-order valence-corrected chi connectivity index (χ4v) is 3.94. The molecule has 0 spiro atoms. The van der Waals surface area contributed by atoms with E-state index in [0.717, 1.165) is 30.7 Å². The monoisotopic (exact) mass is 348 g/mol. The molecule has 0 radical (unpaired) electrons. The Labute approximate surface area is 147 Å². The molecule has 1 aromatic rings. The van der Waals surface area contributed by atoms with Crippen molar-refractivity contribution in [1.82, 2.24) is 9.80 Å². The van der Waals surface area contributed by atoms with E-state index in [1.165, 1.54) is 0 Å². The second kappa shape index (κ2) is 8.53. The van der Waals surface area contributed by atoms with E-state index in [9.17, 15) is 9.59 Å². The molecule has 130 valence electrons. The summed E-state index contributed by atoms with van der Waals surface area (Å²) in [5.41, 5.74) is 0. The number of rotatable bonds is 4. The van der Waals surface area contributed by atoms with Crippen molar-refractivity contribution in [3.05, 3.63) is 30.3 Å². The Morgan fingerprint density at radius 2 is 1.79 bits per heavy atom. The summed E-state index contributed by atoms with van der Waals surface area (Å²) in [5, 5.41) is 0. The Morgan fingerprint density at radius 1 is 1.04 bits per heavy atom. The molecule has 0 N–H and O–H groups in total. The smallest absolute Gasteiger partial charge is 0.251 e. The standard InChI is InChI=1S/C18H24N2O3S/c21-17(14-24-15-6-2-1-3-7-15)19-9-5-10-20(12-11-19)18(22)16-8-4-13-23-16/h1-3,6-7,16H,4-5,8-14H2/t16-/m1/s1. The van der Waals surface area contributed by atoms with Gasteiger partial charge >= 0.3 is 0 Å². The molecule has 2 saturated heterocycles. The maximum atomic E-state index is 12.4. The maximum Gasteiger partial charge on any atom is 0.251 e. The summed E-state index contributed by atoms with van der Waals surface area (Å²) in [7, 11) is 0. The molecule has 0 aliphatic carbocycles. The summed E-state index contributed by atoms with van der Waals surface area (Å²) >= 11 is 1.56. The Morgan fingerprint density at radius 3 is 2.54 bits per heavy atom. The lowest BCUT2D eigenvalue weighted by Gasteiger charge is -2.24. The van der Waals surface area contributed by atoms with Gasteiger partial charge in [-0.05, 0) is 31.4 Å². The van der Waals surface area contributed by atoms with Crippen LogP contribution in [0.1, 0.15) is 19.3 Å². The van der Waals surface area contributed by atoms with Gasteiger partial charge in [0.25, 0.3) is 5.91 Å². The zero-order valence-electron chi connectivity index (χ0n) is 13.9. The van der Waals surface area contributed by atoms with E-state index < -0.39 is 0 Å². The van der Waals surface area contributed by atoms with E-state index in [1.807, 2.05) is 40.1 Å². The van der Waals surface area contributed by atoms with E-state index >= 15 is 0 Å². The zero-order valence-corrected chi connectivity index (χ0v) is 14.7. The van der Waals surface area contributed by atoms with Crippen LogP contribution in [0.2, 0.25) is 0 Å². The molecule has 3 rings (SSSR count). The average molecular weight is 348 g/mol. The third-order valence-corrected chi connectivity index (χ3v) is 5.47. The van der Waals surface area contributed by atoms with E-state index in [-0.39, 0.29) is 17.9 Å². The first-order chi connectivity index (χ1) is 11.7. The highest BCUT2D eigenvalue weighted by molar-refractivity contribution is 8.00. The molecule has 1 atom stereocenters. The lowest BCUT2D eigenvalue weighted by atomic mass is 10.2. The molecular weight excluding hydrogens is 324 g/mol. The highest BCUT2D eigenvalue weighted by Gasteiger charge is 2.30. The third-order valence-electron chi connectivity index (χ3n) is 4.47. The predicted molar refractivity (Wildman–Crippen MR) is 93.9 cm³/mol. The minimum absolute atomic E-state index is 0.0976. The minimum atomic E-state index is -0.263. The van der Waals surface area contributed by atoms with Crippen LogP contribution in [0.4, 0.5) is 0 Å². The van der Waals surface area contributed by atoms with Crippen LogP contribution in [0.3, 0.4) is 0 Å². The number of carbonyl (C=O) groups excluding carboxylic acids is 2. The fourth-order valence-electron chi connectivity index (χ4n) is 3.12. The summed E-state index contributed by atoms with van der Waals surface area (Å²) in [6.07, 6.45) is 2.36. The van der Waals surface area contributed by atoms with Crippen LogP contribution in [0.15, 0.2) is 35.2 Å². The molecule has 2 aliphatic rings. The fraction of sp³-hybridized carbons (Fsp3) is 0.556. The van der Waals surface area contributed by atoms with Gasteiger partial charge in [0.15, 0.2) is 0 Å². The molecule has 2 aliphatic heterocycles. The van der Waals surface area contributed by atoms with Crippen LogP contribution in [0, 0.1) is 0 Å². The van der Waals surface area contributed by atoms with Gasteiger partial charge in [-0.1, -0.05) is 18.2 Å². The van der Waals surface area contributed by atoms with Crippen molar-refractivity contribution in [3.8, 4) is 0 Å². The summed E-state index contributed by atoms with van der Waals surface area (Å²) in [5.74, 6) is 0.694. The van der Waals surface area contributed by atoms with Crippen LogP contribution in [0.25, 0.3) is 0 Å². The summed E-state index contributed by atoms with van der Waals surface area (Å²) in [4.78, 5) is 29.7. The van der Waals surface area contributed by atoms with E-state index in [4.69, 9.17) is 4.74 Å². The van der Waals surface area contributed by atoms with Crippen LogP contribution in [-0.2, 0) is 14.3 Å². The minimum Gasteiger partial charge on any atom is -0.368 e. The first-order valence-corrected chi connectivity index (χ1v) is 9.58. The van der Waals surface area contributed by atoms with Crippen molar-refractivity contribution in [3.63, 3.8) is 0 Å². The van der Waals surface area contributed by atoms with E-state index in [2.05, 4.69) is 0 Å². The highest BCUT2D eigenvalue weighted by atomic mass is 32.2. The van der Waals surface area contributed by atoms with Gasteiger partial charge in [0.1, 0.15) is 6.10 Å². The lowest BCUT2D eigenvalue weighted by molar-refractivity contribution is -0.141. The second-order valence-corrected chi connectivity index (χ2v) is 7.21. The van der Waals surface area contributed by atoms with Crippen molar-refractivity contribution >= 4 is 23.6 Å². The van der Waals surface area contributed by atoms with Crippen molar-refractivity contribution in [2.75, 3.05) is 38.5 Å². The number of ether oxygens (including phenoxy) is 1. The molecule has 2 amide bonds. The number of carbonyl (C=O) groups is 2. The maximum absolute atomic E-state index is 12.4. The molecule has 2 fully saturated rings. The van der Waals surface area contributed by atoms with Crippen LogP contribution in [-0.4, -0.2) is 66.3 Å². The van der Waals surface area contributed by atoms with Gasteiger partial charge in [-0.2, -0.15) is 0 Å². The second-order valence-electron chi connectivity index (χ2n) is 6.16. The molecule has 0 saturated carbocycles. The molecule has 1 aromatic carbocycles. The summed E-state index contributed by atoms with van der Waals surface area (Å²) in [6.45, 7) is 3.36. The normalized spacial score (nSPS) is 21.6. The van der Waals surface area contributed by atoms with Crippen molar-refractivity contribution in [2.45, 2.75) is 30.3 Å². The van der Waals surface area contributed by atoms with Gasteiger partial charge in [0.05, 0.1) is 5.75 Å². The van der Waals surface area contributed by atoms with Gasteiger partial charge in [0.2, 0.25) is 5.91 Å². The van der Waals surface area contributed by atoms with Gasteiger partial charge in [-0.15, -0.1) is 11.8 Å². The van der Waals surface area contributed by atoms with Crippen LogP contribution >= 0.6 is 11.8 Å². The summed E-state index contributed by atoms with van der Waals surface area (Å²) in [6, 6.07) is 9.96. The number of benzene rings is 1. The van der Waals surface area contributed by atoms with Crippen molar-refractivity contribution in [2.24, 2.45) is 0 Å². The number of thioether (sulfide) groups is 1. The first-order valence-electron chi connectivity index (χ1n) is 8.60. The zero-order chi connectivity index (χ0) is 16.8. The molecule has 0 bridgehead atoms. The first kappa shape index (κ1) is 17.3. The van der Waals surface area contributed by atoms with E-state index in [0.29, 0.717) is 32.0 Å². The average Bonchev–Trinajstić information content (AvgIpc) is 3.04. The number of nitrogens with zero attached hydrogens (tertiary/aromatic N) is 2. The Kier molecular flexibility index (Phi) is 6.15. The quantitative estimate of drug-likeness (QED) is 0.781. The molecule has 6 heteroatoms. The molecule has 24 heavy (non-hydrogen) atoms. The molecule has 2 heterocycles. The van der Waals surface area contributed by atoms with Gasteiger partial charge in [-0.25, -0.2) is 0 Å². The number of hydrogen-bond donors (Lipinski definition) is 0. The predicted octanol–water partition coefficient (Wildman–Crippen LogP) is 2.02. The molecule has 5 nitrogen and oxygen atoms in total. The topological polar surface area (TPSA) is 49.9 Å². The number of hydrogen-bond acceptors (Lipinski definition) is 4. The Balaban J connectivity index is 1.47. The van der Waals surface area contributed by atoms with Crippen molar-refractivity contribution < 1.29 is 14.3 Å². The summed E-state index contributed by atoms with van der Waals surface area (Å²) < 4.78 is 5.50. The van der Waals surface area contributed by atoms with Gasteiger partial charge in [-0.3, -0.25) is 9.59 Å². The van der Waals surface area contributed by atoms with Gasteiger partial charge in [0, 0.05) is 37.7 Å². The Bertz CT molecular complexity index is 561. The molecular formula is C18H24N2O3S. The largest absolute Gasteiger partial charge is 0.368 e. The highest BCUT2D eigenvalue weighted by Crippen LogP contribution is 2.19. The van der Waals surface area contributed by atoms with Crippen LogP contribution in [0.5, 0.6) is 0 Å². The van der Waals surface area contributed by atoms with E-state index in [1.54, 1.807) is 11.8 Å². The molecule has 0 unspecified atom stereocenters. The number of amides is 2. The van der Waals surface area contributed by atoms with Crippen LogP contribution < -0.4 is 0 Å². The lowest BCUT2D eigenvalue weighted by Crippen LogP contribution is -2.42. The SMILES string of the molecule is O=C(CSc1ccccc1)N1CCCN(C(=O)[C@H]2CCCO2)CC1. The van der Waals surface area contributed by atoms with Gasteiger partial charge < -0.3 is 14.5 Å². The van der Waals surface area contributed by atoms with Crippen molar-refractivity contribution in [1.29, 1.82) is 0 Å². The Hall–Kier alpha value is -1.53. The molecule has 0 aromatic heterocycles.